The van der Waals surface area contributed by atoms with Gasteiger partial charge >= 0.3 is 5.97 Å². The van der Waals surface area contributed by atoms with Crippen LogP contribution in [0.4, 0.5) is 0 Å². The predicted molar refractivity (Wildman–Crippen MR) is 57.9 cm³/mol. The first kappa shape index (κ1) is 12.5. The second-order valence-corrected chi connectivity index (χ2v) is 4.92. The van der Waals surface area contributed by atoms with Crippen molar-refractivity contribution in [2.24, 2.45) is 0 Å². The van der Waals surface area contributed by atoms with Crippen LogP contribution in [0.25, 0.3) is 0 Å². The summed E-state index contributed by atoms with van der Waals surface area (Å²) in [6.45, 7) is 8.86. The lowest BCUT2D eigenvalue weighted by atomic mass is 10.1. The number of hydrogen-bond donors (Lipinski definition) is 1. The fraction of sp³-hybridized carbons (Fsp3) is 0.909. The molecule has 15 heavy (non-hydrogen) atoms. The minimum Gasteiger partial charge on any atom is -0.481 e. The van der Waals surface area contributed by atoms with Crippen LogP contribution < -0.4 is 0 Å². The van der Waals surface area contributed by atoms with E-state index in [2.05, 4.69) is 25.7 Å². The van der Waals surface area contributed by atoms with Gasteiger partial charge in [-0.25, -0.2) is 0 Å². The molecule has 1 atom stereocenters. The maximum atomic E-state index is 10.4. The fourth-order valence-electron chi connectivity index (χ4n) is 2.21. The van der Waals surface area contributed by atoms with Crippen LogP contribution in [0.5, 0.6) is 0 Å². The monoisotopic (exact) mass is 215 g/mol. The van der Waals surface area contributed by atoms with Crippen LogP contribution in [0.1, 0.15) is 33.6 Å². The van der Waals surface area contributed by atoms with E-state index in [0.717, 1.165) is 26.1 Å². The van der Waals surface area contributed by atoms with E-state index in [9.17, 15) is 4.79 Å². The SMILES string of the molecule is CC1CN(CCCC(=O)O)CC(C)(C)O1. The third-order valence-electron chi connectivity index (χ3n) is 2.50. The molecule has 0 saturated carbocycles. The van der Waals surface area contributed by atoms with E-state index < -0.39 is 5.97 Å². The standard InChI is InChI=1S/C11H21NO3/c1-9-7-12(6-4-5-10(13)14)8-11(2,3)15-9/h9H,4-8H2,1-3H3,(H,13,14). The molecule has 1 heterocycles. The van der Waals surface area contributed by atoms with Crippen molar-refractivity contribution in [1.82, 2.24) is 4.90 Å². The summed E-state index contributed by atoms with van der Waals surface area (Å²) in [5, 5.41) is 8.55. The van der Waals surface area contributed by atoms with Crippen molar-refractivity contribution < 1.29 is 14.6 Å². The third kappa shape index (κ3) is 4.62. The molecule has 0 radical (unpaired) electrons. The Morgan fingerprint density at radius 3 is 2.80 bits per heavy atom. The van der Waals surface area contributed by atoms with Crippen LogP contribution in [0.15, 0.2) is 0 Å². The lowest BCUT2D eigenvalue weighted by Crippen LogP contribution is -2.51. The molecule has 0 aromatic carbocycles. The van der Waals surface area contributed by atoms with Gasteiger partial charge in [-0.05, 0) is 33.7 Å². The molecule has 4 nitrogen and oxygen atoms in total. The first-order valence-corrected chi connectivity index (χ1v) is 5.51. The smallest absolute Gasteiger partial charge is 0.303 e. The number of rotatable bonds is 4. The molecule has 1 N–H and O–H groups in total. The van der Waals surface area contributed by atoms with E-state index >= 15 is 0 Å². The Morgan fingerprint density at radius 2 is 2.27 bits per heavy atom. The van der Waals surface area contributed by atoms with E-state index in [1.165, 1.54) is 0 Å². The summed E-state index contributed by atoms with van der Waals surface area (Å²) in [6.07, 6.45) is 1.21. The van der Waals surface area contributed by atoms with Crippen LogP contribution in [0.2, 0.25) is 0 Å². The van der Waals surface area contributed by atoms with Gasteiger partial charge in [-0.2, -0.15) is 0 Å². The van der Waals surface area contributed by atoms with Crippen molar-refractivity contribution in [3.05, 3.63) is 0 Å². The predicted octanol–water partition coefficient (Wildman–Crippen LogP) is 1.35. The lowest BCUT2D eigenvalue weighted by Gasteiger charge is -2.41. The molecule has 1 aliphatic rings. The molecule has 1 saturated heterocycles. The van der Waals surface area contributed by atoms with Gasteiger partial charge in [0.2, 0.25) is 0 Å². The highest BCUT2D eigenvalue weighted by atomic mass is 16.5. The second kappa shape index (κ2) is 4.94. The summed E-state index contributed by atoms with van der Waals surface area (Å²) >= 11 is 0. The number of aliphatic carboxylic acids is 1. The Kier molecular flexibility index (Phi) is 4.11. The van der Waals surface area contributed by atoms with Crippen LogP contribution >= 0.6 is 0 Å². The average Bonchev–Trinajstić information content (AvgIpc) is 1.98. The van der Waals surface area contributed by atoms with Gasteiger partial charge in [0.1, 0.15) is 0 Å². The van der Waals surface area contributed by atoms with E-state index in [1.807, 2.05) is 0 Å². The van der Waals surface area contributed by atoms with Gasteiger partial charge in [0.25, 0.3) is 0 Å². The van der Waals surface area contributed by atoms with Crippen molar-refractivity contribution in [1.29, 1.82) is 0 Å². The maximum absolute atomic E-state index is 10.4. The first-order valence-electron chi connectivity index (χ1n) is 5.51. The minimum atomic E-state index is -0.712. The highest BCUT2D eigenvalue weighted by molar-refractivity contribution is 5.66. The molecule has 1 aliphatic heterocycles. The summed E-state index contributed by atoms with van der Waals surface area (Å²) < 4.78 is 5.77. The summed E-state index contributed by atoms with van der Waals surface area (Å²) in [4.78, 5) is 12.7. The second-order valence-electron chi connectivity index (χ2n) is 4.92. The number of hydrogen-bond acceptors (Lipinski definition) is 3. The summed E-state index contributed by atoms with van der Waals surface area (Å²) in [5.74, 6) is -0.712. The maximum Gasteiger partial charge on any atom is 0.303 e. The van der Waals surface area contributed by atoms with Gasteiger partial charge < -0.3 is 9.84 Å². The van der Waals surface area contributed by atoms with Gasteiger partial charge in [0.05, 0.1) is 11.7 Å². The summed E-state index contributed by atoms with van der Waals surface area (Å²) in [6, 6.07) is 0. The highest BCUT2D eigenvalue weighted by Gasteiger charge is 2.30. The highest BCUT2D eigenvalue weighted by Crippen LogP contribution is 2.20. The number of nitrogens with zero attached hydrogens (tertiary/aromatic N) is 1. The molecular formula is C11H21NO3. The number of carboxylic acids is 1. The topological polar surface area (TPSA) is 49.8 Å². The molecule has 0 bridgehead atoms. The van der Waals surface area contributed by atoms with Crippen LogP contribution in [-0.2, 0) is 9.53 Å². The molecule has 0 spiro atoms. The summed E-state index contributed by atoms with van der Waals surface area (Å²) in [7, 11) is 0. The molecule has 4 heteroatoms. The Balaban J connectivity index is 2.32. The van der Waals surface area contributed by atoms with E-state index in [1.54, 1.807) is 0 Å². The zero-order valence-electron chi connectivity index (χ0n) is 9.82. The zero-order chi connectivity index (χ0) is 11.5. The zero-order valence-corrected chi connectivity index (χ0v) is 9.82. The lowest BCUT2D eigenvalue weighted by molar-refractivity contribution is -0.138. The largest absolute Gasteiger partial charge is 0.481 e. The fourth-order valence-corrected chi connectivity index (χ4v) is 2.21. The number of ether oxygens (including phenoxy) is 1. The van der Waals surface area contributed by atoms with Crippen molar-refractivity contribution in [2.45, 2.75) is 45.3 Å². The van der Waals surface area contributed by atoms with Crippen LogP contribution in [0, 0.1) is 0 Å². The molecular weight excluding hydrogens is 194 g/mol. The molecule has 88 valence electrons. The number of carbonyl (C=O) groups is 1. The molecule has 0 aromatic heterocycles. The van der Waals surface area contributed by atoms with Crippen molar-refractivity contribution in [3.63, 3.8) is 0 Å². The third-order valence-corrected chi connectivity index (χ3v) is 2.50. The Morgan fingerprint density at radius 1 is 1.60 bits per heavy atom. The molecule has 1 rings (SSSR count). The van der Waals surface area contributed by atoms with Crippen LogP contribution in [0.3, 0.4) is 0 Å². The number of carboxylic acid groups (broad SMARTS) is 1. The Bertz CT molecular complexity index is 228. The summed E-state index contributed by atoms with van der Waals surface area (Å²) in [5.41, 5.74) is -0.110. The molecule has 0 aliphatic carbocycles. The van der Waals surface area contributed by atoms with Crippen LogP contribution in [-0.4, -0.2) is 47.3 Å². The minimum absolute atomic E-state index is 0.110. The Labute approximate surface area is 91.2 Å². The molecule has 0 amide bonds. The van der Waals surface area contributed by atoms with Gasteiger partial charge in [-0.3, -0.25) is 9.69 Å². The molecule has 0 aromatic rings. The van der Waals surface area contributed by atoms with E-state index in [0.29, 0.717) is 0 Å². The van der Waals surface area contributed by atoms with E-state index in [-0.39, 0.29) is 18.1 Å². The van der Waals surface area contributed by atoms with Gasteiger partial charge in [0, 0.05) is 19.5 Å². The van der Waals surface area contributed by atoms with Gasteiger partial charge in [-0.15, -0.1) is 0 Å². The molecule has 1 fully saturated rings. The number of morpholine rings is 1. The van der Waals surface area contributed by atoms with Crippen molar-refractivity contribution in [2.75, 3.05) is 19.6 Å². The van der Waals surface area contributed by atoms with Crippen molar-refractivity contribution in [3.8, 4) is 0 Å². The van der Waals surface area contributed by atoms with Gasteiger partial charge in [0.15, 0.2) is 0 Å². The first-order chi connectivity index (χ1) is 6.89. The van der Waals surface area contributed by atoms with Gasteiger partial charge in [-0.1, -0.05) is 0 Å². The normalized spacial score (nSPS) is 26.5. The van der Waals surface area contributed by atoms with E-state index in [4.69, 9.17) is 9.84 Å². The Hall–Kier alpha value is -0.610. The average molecular weight is 215 g/mol. The van der Waals surface area contributed by atoms with Crippen molar-refractivity contribution >= 4 is 5.97 Å². The molecule has 1 unspecified atom stereocenters. The quantitative estimate of drug-likeness (QED) is 0.769.